The number of anilines is 1. The molecule has 0 aliphatic carbocycles. The van der Waals surface area contributed by atoms with Crippen molar-refractivity contribution >= 4 is 5.69 Å². The molecule has 0 fully saturated rings. The van der Waals surface area contributed by atoms with Gasteiger partial charge >= 0.3 is 0 Å². The topological polar surface area (TPSA) is 34.2 Å². The fourth-order valence-electron chi connectivity index (χ4n) is 1.95. The van der Waals surface area contributed by atoms with Crippen molar-refractivity contribution in [2.45, 2.75) is 33.8 Å². The number of ether oxygens (including phenoxy) is 1. The molecule has 1 N–H and O–H groups in total. The number of benzene rings is 1. The largest absolute Gasteiger partial charge is 0.487 e. The maximum absolute atomic E-state index is 5.87. The second kappa shape index (κ2) is 6.94. The molecule has 0 unspecified atom stereocenters. The quantitative estimate of drug-likeness (QED) is 0.858. The molecule has 0 radical (unpaired) electrons. The molecule has 1 aromatic carbocycles. The summed E-state index contributed by atoms with van der Waals surface area (Å²) in [6.07, 6.45) is 2.93. The van der Waals surface area contributed by atoms with Gasteiger partial charge in [0.05, 0.1) is 5.69 Å². The first kappa shape index (κ1) is 14.4. The molecule has 2 rings (SSSR count). The first-order valence-corrected chi connectivity index (χ1v) is 7.08. The highest BCUT2D eigenvalue weighted by molar-refractivity contribution is 5.43. The lowest BCUT2D eigenvalue weighted by Crippen LogP contribution is -2.03. The van der Waals surface area contributed by atoms with Crippen LogP contribution in [0.4, 0.5) is 5.69 Å². The van der Waals surface area contributed by atoms with E-state index >= 15 is 0 Å². The third-order valence-electron chi connectivity index (χ3n) is 3.11. The number of nitrogens with one attached hydrogen (secondary N) is 1. The number of rotatable bonds is 6. The molecule has 0 saturated carbocycles. The van der Waals surface area contributed by atoms with E-state index in [1.54, 1.807) is 0 Å². The fraction of sp³-hybridized carbons (Fsp3) is 0.353. The monoisotopic (exact) mass is 270 g/mol. The van der Waals surface area contributed by atoms with Gasteiger partial charge in [-0.2, -0.15) is 0 Å². The zero-order valence-corrected chi connectivity index (χ0v) is 12.4. The highest BCUT2D eigenvalue weighted by atomic mass is 16.5. The van der Waals surface area contributed by atoms with E-state index in [2.05, 4.69) is 49.3 Å². The smallest absolute Gasteiger partial charge is 0.130 e. The third kappa shape index (κ3) is 3.98. The minimum absolute atomic E-state index is 0.492. The van der Waals surface area contributed by atoms with Crippen LogP contribution >= 0.6 is 0 Å². The molecule has 1 heterocycles. The van der Waals surface area contributed by atoms with Crippen LogP contribution in [0.15, 0.2) is 36.5 Å². The van der Waals surface area contributed by atoms with Gasteiger partial charge in [0.1, 0.15) is 12.4 Å². The molecule has 3 heteroatoms. The molecule has 3 nitrogen and oxygen atoms in total. The first-order valence-electron chi connectivity index (χ1n) is 7.08. The van der Waals surface area contributed by atoms with Crippen LogP contribution in [-0.2, 0) is 6.61 Å². The normalized spacial score (nSPS) is 10.3. The summed E-state index contributed by atoms with van der Waals surface area (Å²) in [6.45, 7) is 7.74. The molecule has 1 aromatic heterocycles. The maximum atomic E-state index is 5.87. The molecule has 0 aliphatic rings. The average molecular weight is 270 g/mol. The minimum atomic E-state index is 0.492. The van der Waals surface area contributed by atoms with Crippen LogP contribution < -0.4 is 10.1 Å². The molecule has 0 amide bonds. The van der Waals surface area contributed by atoms with Gasteiger partial charge in [0, 0.05) is 18.4 Å². The Morgan fingerprint density at radius 2 is 2.00 bits per heavy atom. The second-order valence-corrected chi connectivity index (χ2v) is 5.02. The van der Waals surface area contributed by atoms with Crippen LogP contribution in [0.25, 0.3) is 0 Å². The molecular weight excluding hydrogens is 248 g/mol. The van der Waals surface area contributed by atoms with Crippen LogP contribution in [0, 0.1) is 13.8 Å². The highest BCUT2D eigenvalue weighted by Crippen LogP contribution is 2.20. The molecular formula is C17H22N2O. The van der Waals surface area contributed by atoms with E-state index < -0.39 is 0 Å². The van der Waals surface area contributed by atoms with Crippen molar-refractivity contribution in [1.29, 1.82) is 0 Å². The summed E-state index contributed by atoms with van der Waals surface area (Å²) in [5.41, 5.74) is 4.39. The van der Waals surface area contributed by atoms with Crippen molar-refractivity contribution < 1.29 is 4.74 Å². The van der Waals surface area contributed by atoms with Gasteiger partial charge in [-0.3, -0.25) is 4.98 Å². The Bertz CT molecular complexity index is 567. The molecule has 20 heavy (non-hydrogen) atoms. The molecule has 106 valence electrons. The standard InChI is InChI=1S/C17H22N2O/c1-4-8-18-15-7-9-19-16(11-15)12-20-17-10-13(2)5-6-14(17)3/h5-7,9-11H,4,8,12H2,1-3H3,(H,18,19). The summed E-state index contributed by atoms with van der Waals surface area (Å²) < 4.78 is 5.87. The fourth-order valence-corrected chi connectivity index (χ4v) is 1.95. The highest BCUT2D eigenvalue weighted by Gasteiger charge is 2.02. The van der Waals surface area contributed by atoms with Crippen molar-refractivity contribution in [2.75, 3.05) is 11.9 Å². The average Bonchev–Trinajstić information content (AvgIpc) is 2.46. The molecule has 0 aliphatic heterocycles. The lowest BCUT2D eigenvalue weighted by Gasteiger charge is -2.11. The predicted molar refractivity (Wildman–Crippen MR) is 83.3 cm³/mol. The molecule has 2 aromatic rings. The Balaban J connectivity index is 2.01. The molecule has 0 spiro atoms. The first-order chi connectivity index (χ1) is 9.69. The number of hydrogen-bond acceptors (Lipinski definition) is 3. The van der Waals surface area contributed by atoms with Crippen LogP contribution in [-0.4, -0.2) is 11.5 Å². The van der Waals surface area contributed by atoms with Crippen LogP contribution in [0.5, 0.6) is 5.75 Å². The SMILES string of the molecule is CCCNc1ccnc(COc2cc(C)ccc2C)c1. The zero-order valence-electron chi connectivity index (χ0n) is 12.4. The Labute approximate surface area is 121 Å². The van der Waals surface area contributed by atoms with Gasteiger partial charge in [-0.05, 0) is 49.6 Å². The molecule has 0 bridgehead atoms. The lowest BCUT2D eigenvalue weighted by atomic mass is 10.1. The Kier molecular flexibility index (Phi) is 4.99. The number of aryl methyl sites for hydroxylation is 2. The number of nitrogens with zero attached hydrogens (tertiary/aromatic N) is 1. The Hall–Kier alpha value is -2.03. The maximum Gasteiger partial charge on any atom is 0.130 e. The van der Waals surface area contributed by atoms with Crippen molar-refractivity contribution in [2.24, 2.45) is 0 Å². The summed E-state index contributed by atoms with van der Waals surface area (Å²) in [5, 5.41) is 3.36. The second-order valence-electron chi connectivity index (χ2n) is 5.02. The van der Waals surface area contributed by atoms with E-state index in [1.807, 2.05) is 18.3 Å². The summed E-state index contributed by atoms with van der Waals surface area (Å²) in [6, 6.07) is 10.3. The van der Waals surface area contributed by atoms with E-state index in [4.69, 9.17) is 4.74 Å². The third-order valence-corrected chi connectivity index (χ3v) is 3.11. The molecule has 0 atom stereocenters. The van der Waals surface area contributed by atoms with Crippen molar-refractivity contribution in [1.82, 2.24) is 4.98 Å². The van der Waals surface area contributed by atoms with Gasteiger partial charge in [0.25, 0.3) is 0 Å². The van der Waals surface area contributed by atoms with E-state index in [0.29, 0.717) is 6.61 Å². The number of hydrogen-bond donors (Lipinski definition) is 1. The molecule has 0 saturated heterocycles. The summed E-state index contributed by atoms with van der Waals surface area (Å²) in [5.74, 6) is 0.929. The van der Waals surface area contributed by atoms with Gasteiger partial charge in [-0.25, -0.2) is 0 Å². The van der Waals surface area contributed by atoms with Crippen molar-refractivity contribution in [3.63, 3.8) is 0 Å². The van der Waals surface area contributed by atoms with Crippen LogP contribution in [0.2, 0.25) is 0 Å². The van der Waals surface area contributed by atoms with E-state index in [0.717, 1.165) is 35.7 Å². The van der Waals surface area contributed by atoms with E-state index in [9.17, 15) is 0 Å². The van der Waals surface area contributed by atoms with Crippen molar-refractivity contribution in [3.05, 3.63) is 53.3 Å². The summed E-state index contributed by atoms with van der Waals surface area (Å²) >= 11 is 0. The number of aromatic nitrogens is 1. The van der Waals surface area contributed by atoms with Crippen LogP contribution in [0.3, 0.4) is 0 Å². The van der Waals surface area contributed by atoms with Gasteiger partial charge in [0.2, 0.25) is 0 Å². The summed E-state index contributed by atoms with van der Waals surface area (Å²) in [4.78, 5) is 4.35. The van der Waals surface area contributed by atoms with Gasteiger partial charge < -0.3 is 10.1 Å². The zero-order chi connectivity index (χ0) is 14.4. The Morgan fingerprint density at radius 3 is 2.80 bits per heavy atom. The van der Waals surface area contributed by atoms with Gasteiger partial charge in [-0.1, -0.05) is 19.1 Å². The number of pyridine rings is 1. The Morgan fingerprint density at radius 1 is 1.15 bits per heavy atom. The van der Waals surface area contributed by atoms with E-state index in [-0.39, 0.29) is 0 Å². The van der Waals surface area contributed by atoms with E-state index in [1.165, 1.54) is 5.56 Å². The minimum Gasteiger partial charge on any atom is -0.487 e. The van der Waals surface area contributed by atoms with Gasteiger partial charge in [-0.15, -0.1) is 0 Å². The van der Waals surface area contributed by atoms with Crippen molar-refractivity contribution in [3.8, 4) is 5.75 Å². The predicted octanol–water partition coefficient (Wildman–Crippen LogP) is 4.10. The lowest BCUT2D eigenvalue weighted by molar-refractivity contribution is 0.299. The summed E-state index contributed by atoms with van der Waals surface area (Å²) in [7, 11) is 0. The van der Waals surface area contributed by atoms with Crippen LogP contribution in [0.1, 0.15) is 30.2 Å². The van der Waals surface area contributed by atoms with Gasteiger partial charge in [0.15, 0.2) is 0 Å².